The van der Waals surface area contributed by atoms with Gasteiger partial charge in [0.05, 0.1) is 6.61 Å². The lowest BCUT2D eigenvalue weighted by Crippen LogP contribution is -2.31. The van der Waals surface area contributed by atoms with Gasteiger partial charge in [0.15, 0.2) is 0 Å². The molecule has 1 aromatic heterocycles. The lowest BCUT2D eigenvalue weighted by molar-refractivity contribution is 0.0692. The maximum atomic E-state index is 12.1. The van der Waals surface area contributed by atoms with Gasteiger partial charge in [-0.05, 0) is 36.8 Å². The first kappa shape index (κ1) is 12.8. The number of nitrogens with zero attached hydrogens (tertiary/aromatic N) is 1. The fraction of sp³-hybridized carbons (Fsp3) is 0.538. The van der Waals surface area contributed by atoms with Gasteiger partial charge in [0.25, 0.3) is 5.56 Å². The van der Waals surface area contributed by atoms with Crippen LogP contribution in [0.25, 0.3) is 0 Å². The molecule has 1 aliphatic rings. The molecule has 1 aliphatic carbocycles. The number of fused-ring (bicyclic) bond motifs is 1. The minimum Gasteiger partial charge on any atom is -0.477 e. The third-order valence-electron chi connectivity index (χ3n) is 3.35. The standard InChI is InChI=1S/C13H17NO4/c1-18-7-6-14-8-9-4-2-3-5-10(9)11(12(14)15)13(16)17/h8H,2-7H2,1H3,(H,16,17). The molecule has 0 saturated heterocycles. The first-order chi connectivity index (χ1) is 8.65. The topological polar surface area (TPSA) is 68.5 Å². The van der Waals surface area contributed by atoms with Gasteiger partial charge in [-0.3, -0.25) is 4.79 Å². The molecule has 0 fully saturated rings. The first-order valence-corrected chi connectivity index (χ1v) is 6.12. The Balaban J connectivity index is 2.54. The lowest BCUT2D eigenvalue weighted by Gasteiger charge is -2.19. The Morgan fingerprint density at radius 3 is 2.83 bits per heavy atom. The normalized spacial score (nSPS) is 14.3. The second-order valence-electron chi connectivity index (χ2n) is 4.51. The van der Waals surface area contributed by atoms with Crippen LogP contribution in [-0.2, 0) is 24.1 Å². The highest BCUT2D eigenvalue weighted by Crippen LogP contribution is 2.22. The summed E-state index contributed by atoms with van der Waals surface area (Å²) in [5, 5.41) is 9.23. The number of ether oxygens (including phenoxy) is 1. The molecule has 1 heterocycles. The highest BCUT2D eigenvalue weighted by Gasteiger charge is 2.22. The van der Waals surface area contributed by atoms with E-state index in [0.29, 0.717) is 19.6 Å². The molecule has 0 atom stereocenters. The summed E-state index contributed by atoms with van der Waals surface area (Å²) in [6.07, 6.45) is 5.34. The van der Waals surface area contributed by atoms with Crippen LogP contribution in [0.1, 0.15) is 34.3 Å². The average molecular weight is 251 g/mol. The largest absolute Gasteiger partial charge is 0.477 e. The van der Waals surface area contributed by atoms with Crippen LogP contribution in [0.15, 0.2) is 11.0 Å². The van der Waals surface area contributed by atoms with E-state index in [1.54, 1.807) is 13.3 Å². The molecule has 0 aromatic carbocycles. The zero-order chi connectivity index (χ0) is 13.1. The highest BCUT2D eigenvalue weighted by atomic mass is 16.5. The van der Waals surface area contributed by atoms with Gasteiger partial charge in [-0.15, -0.1) is 0 Å². The van der Waals surface area contributed by atoms with Crippen molar-refractivity contribution in [2.24, 2.45) is 0 Å². The number of aryl methyl sites for hydroxylation is 1. The number of aromatic nitrogens is 1. The highest BCUT2D eigenvalue weighted by molar-refractivity contribution is 5.89. The Morgan fingerprint density at radius 2 is 2.17 bits per heavy atom. The van der Waals surface area contributed by atoms with Crippen molar-refractivity contribution in [3.05, 3.63) is 33.2 Å². The van der Waals surface area contributed by atoms with E-state index < -0.39 is 11.5 Å². The smallest absolute Gasteiger partial charge is 0.341 e. The molecule has 1 aromatic rings. The fourth-order valence-electron chi connectivity index (χ4n) is 2.45. The number of rotatable bonds is 4. The molecular formula is C13H17NO4. The predicted octanol–water partition coefficient (Wildman–Crippen LogP) is 1.07. The Kier molecular flexibility index (Phi) is 3.81. The minimum atomic E-state index is -1.12. The molecule has 5 nitrogen and oxygen atoms in total. The molecule has 0 bridgehead atoms. The van der Waals surface area contributed by atoms with E-state index in [-0.39, 0.29) is 5.56 Å². The first-order valence-electron chi connectivity index (χ1n) is 6.12. The van der Waals surface area contributed by atoms with Crippen molar-refractivity contribution in [1.29, 1.82) is 0 Å². The third kappa shape index (κ3) is 2.31. The predicted molar refractivity (Wildman–Crippen MR) is 66.2 cm³/mol. The van der Waals surface area contributed by atoms with Crippen LogP contribution in [0.3, 0.4) is 0 Å². The van der Waals surface area contributed by atoms with Crippen LogP contribution in [0.2, 0.25) is 0 Å². The second kappa shape index (κ2) is 5.35. The van der Waals surface area contributed by atoms with Crippen LogP contribution in [0.5, 0.6) is 0 Å². The van der Waals surface area contributed by atoms with Gasteiger partial charge in [0, 0.05) is 19.9 Å². The van der Waals surface area contributed by atoms with Crippen LogP contribution in [-0.4, -0.2) is 29.4 Å². The molecule has 0 unspecified atom stereocenters. The summed E-state index contributed by atoms with van der Waals surface area (Å²) >= 11 is 0. The van der Waals surface area contributed by atoms with E-state index in [1.165, 1.54) is 4.57 Å². The van der Waals surface area contributed by atoms with Crippen LogP contribution in [0.4, 0.5) is 0 Å². The summed E-state index contributed by atoms with van der Waals surface area (Å²) < 4.78 is 6.39. The number of methoxy groups -OCH3 is 1. The molecule has 98 valence electrons. The van der Waals surface area contributed by atoms with Gasteiger partial charge in [-0.25, -0.2) is 4.79 Å². The zero-order valence-corrected chi connectivity index (χ0v) is 10.4. The van der Waals surface area contributed by atoms with Crippen LogP contribution < -0.4 is 5.56 Å². The Labute approximate surface area is 105 Å². The van der Waals surface area contributed by atoms with Gasteiger partial charge < -0.3 is 14.4 Å². The van der Waals surface area contributed by atoms with E-state index in [1.807, 2.05) is 0 Å². The maximum absolute atomic E-state index is 12.1. The number of carbonyl (C=O) groups is 1. The molecule has 0 saturated carbocycles. The van der Waals surface area contributed by atoms with Gasteiger partial charge in [0.2, 0.25) is 0 Å². The molecule has 2 rings (SSSR count). The molecule has 1 N–H and O–H groups in total. The summed E-state index contributed by atoms with van der Waals surface area (Å²) in [4.78, 5) is 23.4. The van der Waals surface area contributed by atoms with Crippen molar-refractivity contribution >= 4 is 5.97 Å². The molecule has 5 heteroatoms. The number of pyridine rings is 1. The summed E-state index contributed by atoms with van der Waals surface area (Å²) in [6, 6.07) is 0. The number of carboxylic acid groups (broad SMARTS) is 1. The summed E-state index contributed by atoms with van der Waals surface area (Å²) in [5.41, 5.74) is 1.25. The van der Waals surface area contributed by atoms with E-state index >= 15 is 0 Å². The Morgan fingerprint density at radius 1 is 1.44 bits per heavy atom. The zero-order valence-electron chi connectivity index (χ0n) is 10.4. The van der Waals surface area contributed by atoms with E-state index in [9.17, 15) is 14.7 Å². The number of aromatic carboxylic acids is 1. The van der Waals surface area contributed by atoms with Crippen molar-refractivity contribution in [2.45, 2.75) is 32.2 Å². The molecule has 0 aliphatic heterocycles. The molecule has 0 amide bonds. The second-order valence-corrected chi connectivity index (χ2v) is 4.51. The average Bonchev–Trinajstić information content (AvgIpc) is 2.35. The SMILES string of the molecule is COCCn1cc2c(c(C(=O)O)c1=O)CCCC2. The van der Waals surface area contributed by atoms with Crippen molar-refractivity contribution in [1.82, 2.24) is 4.57 Å². The Bertz CT molecular complexity index is 518. The van der Waals surface area contributed by atoms with Crippen molar-refractivity contribution in [3.8, 4) is 0 Å². The van der Waals surface area contributed by atoms with Crippen molar-refractivity contribution < 1.29 is 14.6 Å². The van der Waals surface area contributed by atoms with Crippen molar-refractivity contribution in [2.75, 3.05) is 13.7 Å². The monoisotopic (exact) mass is 251 g/mol. The van der Waals surface area contributed by atoms with E-state index in [4.69, 9.17) is 4.74 Å². The van der Waals surface area contributed by atoms with Gasteiger partial charge in [-0.1, -0.05) is 0 Å². The molecular weight excluding hydrogens is 234 g/mol. The lowest BCUT2D eigenvalue weighted by atomic mass is 9.90. The Hall–Kier alpha value is -1.62. The summed E-state index contributed by atoms with van der Waals surface area (Å²) in [5.74, 6) is -1.12. The maximum Gasteiger partial charge on any atom is 0.341 e. The van der Waals surface area contributed by atoms with Crippen molar-refractivity contribution in [3.63, 3.8) is 0 Å². The van der Waals surface area contributed by atoms with Gasteiger partial charge in [0.1, 0.15) is 5.56 Å². The number of hydrogen-bond donors (Lipinski definition) is 1. The van der Waals surface area contributed by atoms with Gasteiger partial charge >= 0.3 is 5.97 Å². The number of hydrogen-bond acceptors (Lipinski definition) is 3. The third-order valence-corrected chi connectivity index (χ3v) is 3.35. The molecule has 18 heavy (non-hydrogen) atoms. The van der Waals surface area contributed by atoms with Gasteiger partial charge in [-0.2, -0.15) is 0 Å². The van der Waals surface area contributed by atoms with E-state index in [0.717, 1.165) is 30.4 Å². The quantitative estimate of drug-likeness (QED) is 0.869. The molecule has 0 spiro atoms. The summed E-state index contributed by atoms with van der Waals surface area (Å²) in [6.45, 7) is 0.792. The minimum absolute atomic E-state index is 0.0525. The van der Waals surface area contributed by atoms with Crippen LogP contribution >= 0.6 is 0 Å². The molecule has 0 radical (unpaired) electrons. The van der Waals surface area contributed by atoms with Crippen LogP contribution in [0, 0.1) is 0 Å². The van der Waals surface area contributed by atoms with E-state index in [2.05, 4.69) is 0 Å². The number of carboxylic acids is 1. The fourth-order valence-corrected chi connectivity index (χ4v) is 2.45. The summed E-state index contributed by atoms with van der Waals surface area (Å²) in [7, 11) is 1.56.